The standard InChI is InChI=1S/C16H21BrFN3O.ClH/c17-13-4-3-12(10-14(13)18)11-20-6-8-21(9-7-20)16(22)15-2-1-5-19-15;/h3-4,10,15,19H,1-2,5-9,11H2;1H. The largest absolute Gasteiger partial charge is 0.339 e. The molecule has 3 rings (SSSR count). The predicted octanol–water partition coefficient (Wildman–Crippen LogP) is 2.41. The number of nitrogens with zero attached hydrogens (tertiary/aromatic N) is 2. The lowest BCUT2D eigenvalue weighted by Gasteiger charge is -2.36. The molecule has 2 aliphatic heterocycles. The molecule has 0 aliphatic carbocycles. The molecule has 0 radical (unpaired) electrons. The van der Waals surface area contributed by atoms with Crippen molar-refractivity contribution in [1.29, 1.82) is 0 Å². The summed E-state index contributed by atoms with van der Waals surface area (Å²) in [5, 5.41) is 3.27. The minimum absolute atomic E-state index is 0. The number of amides is 1. The van der Waals surface area contributed by atoms with Gasteiger partial charge in [-0.25, -0.2) is 4.39 Å². The van der Waals surface area contributed by atoms with Gasteiger partial charge in [0.05, 0.1) is 10.5 Å². The highest BCUT2D eigenvalue weighted by Gasteiger charge is 2.29. The Bertz CT molecular complexity index is 546. The molecule has 1 aromatic carbocycles. The van der Waals surface area contributed by atoms with Gasteiger partial charge in [0.25, 0.3) is 0 Å². The summed E-state index contributed by atoms with van der Waals surface area (Å²) in [6.45, 7) is 4.89. The van der Waals surface area contributed by atoms with Crippen molar-refractivity contribution >= 4 is 34.2 Å². The Morgan fingerprint density at radius 3 is 2.65 bits per heavy atom. The molecule has 23 heavy (non-hydrogen) atoms. The average molecular weight is 407 g/mol. The van der Waals surface area contributed by atoms with Crippen LogP contribution < -0.4 is 5.32 Å². The van der Waals surface area contributed by atoms with Gasteiger partial charge in [0, 0.05) is 32.7 Å². The van der Waals surface area contributed by atoms with Gasteiger partial charge >= 0.3 is 0 Å². The number of nitrogens with one attached hydrogen (secondary N) is 1. The zero-order valence-electron chi connectivity index (χ0n) is 12.9. The summed E-state index contributed by atoms with van der Waals surface area (Å²) >= 11 is 3.17. The van der Waals surface area contributed by atoms with Crippen LogP contribution in [0.4, 0.5) is 4.39 Å². The highest BCUT2D eigenvalue weighted by atomic mass is 79.9. The minimum Gasteiger partial charge on any atom is -0.339 e. The Balaban J connectivity index is 0.00000192. The summed E-state index contributed by atoms with van der Waals surface area (Å²) in [7, 11) is 0. The Morgan fingerprint density at radius 1 is 1.30 bits per heavy atom. The number of piperazine rings is 1. The summed E-state index contributed by atoms with van der Waals surface area (Å²) in [5.41, 5.74) is 0.970. The van der Waals surface area contributed by atoms with Crippen LogP contribution in [-0.4, -0.2) is 54.5 Å². The predicted molar refractivity (Wildman–Crippen MR) is 94.2 cm³/mol. The van der Waals surface area contributed by atoms with Crippen molar-refractivity contribution in [1.82, 2.24) is 15.1 Å². The molecule has 4 nitrogen and oxygen atoms in total. The van der Waals surface area contributed by atoms with Gasteiger partial charge in [-0.1, -0.05) is 6.07 Å². The van der Waals surface area contributed by atoms with Gasteiger partial charge in [-0.05, 0) is 53.0 Å². The highest BCUT2D eigenvalue weighted by molar-refractivity contribution is 9.10. The van der Waals surface area contributed by atoms with E-state index in [-0.39, 0.29) is 30.2 Å². The Hall–Kier alpha value is -0.690. The fourth-order valence-corrected chi connectivity index (χ4v) is 3.38. The third-order valence-corrected chi connectivity index (χ3v) is 5.08. The average Bonchev–Trinajstić information content (AvgIpc) is 3.05. The molecule has 128 valence electrons. The Morgan fingerprint density at radius 2 is 2.04 bits per heavy atom. The first-order valence-corrected chi connectivity index (χ1v) is 8.61. The second kappa shape index (κ2) is 8.42. The maximum absolute atomic E-state index is 13.5. The van der Waals surface area contributed by atoms with E-state index in [1.807, 2.05) is 11.0 Å². The van der Waals surface area contributed by atoms with Crippen molar-refractivity contribution in [2.45, 2.75) is 25.4 Å². The molecule has 0 spiro atoms. The van der Waals surface area contributed by atoms with Gasteiger partial charge in [-0.15, -0.1) is 12.4 Å². The summed E-state index contributed by atoms with van der Waals surface area (Å²) < 4.78 is 14.0. The van der Waals surface area contributed by atoms with Gasteiger partial charge in [0.1, 0.15) is 5.82 Å². The number of rotatable bonds is 3. The fourth-order valence-electron chi connectivity index (χ4n) is 3.14. The van der Waals surface area contributed by atoms with Gasteiger partial charge in [-0.2, -0.15) is 0 Å². The summed E-state index contributed by atoms with van der Waals surface area (Å²) in [6.07, 6.45) is 2.04. The lowest BCUT2D eigenvalue weighted by Crippen LogP contribution is -2.52. The third-order valence-electron chi connectivity index (χ3n) is 4.43. The second-order valence-corrected chi connectivity index (χ2v) is 6.85. The van der Waals surface area contributed by atoms with Gasteiger partial charge in [0.2, 0.25) is 5.91 Å². The second-order valence-electron chi connectivity index (χ2n) is 6.00. The van der Waals surface area contributed by atoms with Crippen LogP contribution in [0.3, 0.4) is 0 Å². The first kappa shape index (κ1) is 18.6. The number of carbonyl (C=O) groups excluding carboxylic acids is 1. The van der Waals surface area contributed by atoms with Crippen LogP contribution in [0, 0.1) is 5.82 Å². The lowest BCUT2D eigenvalue weighted by molar-refractivity contribution is -0.134. The minimum atomic E-state index is -0.223. The molecular formula is C16H22BrClFN3O. The third kappa shape index (κ3) is 4.66. The number of benzene rings is 1. The number of carbonyl (C=O) groups is 1. The van der Waals surface area contributed by atoms with Crippen molar-refractivity contribution in [3.05, 3.63) is 34.1 Å². The Labute approximate surface area is 150 Å². The quantitative estimate of drug-likeness (QED) is 0.837. The molecule has 1 amide bonds. The molecule has 2 fully saturated rings. The monoisotopic (exact) mass is 405 g/mol. The van der Waals surface area contributed by atoms with Crippen LogP contribution in [-0.2, 0) is 11.3 Å². The van der Waals surface area contributed by atoms with Crippen LogP contribution >= 0.6 is 28.3 Å². The van der Waals surface area contributed by atoms with E-state index in [2.05, 4.69) is 26.1 Å². The first-order chi connectivity index (χ1) is 10.6. The molecule has 2 aliphatic rings. The van der Waals surface area contributed by atoms with Crippen LogP contribution in [0.5, 0.6) is 0 Å². The fraction of sp³-hybridized carbons (Fsp3) is 0.562. The van der Waals surface area contributed by atoms with E-state index in [1.165, 1.54) is 0 Å². The van der Waals surface area contributed by atoms with Crippen molar-refractivity contribution in [3.8, 4) is 0 Å². The van der Waals surface area contributed by atoms with Crippen LogP contribution in [0.25, 0.3) is 0 Å². The molecule has 1 aromatic rings. The topological polar surface area (TPSA) is 35.6 Å². The molecule has 1 N–H and O–H groups in total. The normalized spacial score (nSPS) is 22.0. The molecule has 0 aromatic heterocycles. The SMILES string of the molecule is Cl.O=C(C1CCCN1)N1CCN(Cc2ccc(Br)c(F)c2)CC1. The molecule has 2 heterocycles. The highest BCUT2D eigenvalue weighted by Crippen LogP contribution is 2.18. The molecular weight excluding hydrogens is 385 g/mol. The van der Waals surface area contributed by atoms with Crippen LogP contribution in [0.15, 0.2) is 22.7 Å². The van der Waals surface area contributed by atoms with E-state index < -0.39 is 0 Å². The lowest BCUT2D eigenvalue weighted by atomic mass is 10.1. The zero-order valence-corrected chi connectivity index (χ0v) is 15.3. The van der Waals surface area contributed by atoms with E-state index in [4.69, 9.17) is 0 Å². The first-order valence-electron chi connectivity index (χ1n) is 7.82. The van der Waals surface area contributed by atoms with E-state index in [0.717, 1.165) is 57.7 Å². The smallest absolute Gasteiger partial charge is 0.239 e. The molecule has 1 atom stereocenters. The maximum atomic E-state index is 13.5. The van der Waals surface area contributed by atoms with E-state index in [9.17, 15) is 9.18 Å². The van der Waals surface area contributed by atoms with Gasteiger partial charge < -0.3 is 10.2 Å². The number of halogens is 3. The van der Waals surface area contributed by atoms with Crippen molar-refractivity contribution in [2.24, 2.45) is 0 Å². The molecule has 0 saturated carbocycles. The molecule has 2 saturated heterocycles. The zero-order chi connectivity index (χ0) is 15.5. The molecule has 7 heteroatoms. The van der Waals surface area contributed by atoms with E-state index >= 15 is 0 Å². The summed E-state index contributed by atoms with van der Waals surface area (Å²) in [5.74, 6) is 0.0189. The van der Waals surface area contributed by atoms with Crippen LogP contribution in [0.2, 0.25) is 0 Å². The summed E-state index contributed by atoms with van der Waals surface area (Å²) in [6, 6.07) is 5.28. The number of hydrogen-bond donors (Lipinski definition) is 1. The van der Waals surface area contributed by atoms with Gasteiger partial charge in [-0.3, -0.25) is 9.69 Å². The van der Waals surface area contributed by atoms with Crippen molar-refractivity contribution in [3.63, 3.8) is 0 Å². The van der Waals surface area contributed by atoms with E-state index in [0.29, 0.717) is 4.47 Å². The maximum Gasteiger partial charge on any atom is 0.239 e. The van der Waals surface area contributed by atoms with Crippen molar-refractivity contribution < 1.29 is 9.18 Å². The Kier molecular flexibility index (Phi) is 6.83. The van der Waals surface area contributed by atoms with Crippen LogP contribution in [0.1, 0.15) is 18.4 Å². The molecule has 1 unspecified atom stereocenters. The summed E-state index contributed by atoms with van der Waals surface area (Å²) in [4.78, 5) is 16.6. The molecule has 0 bridgehead atoms. The number of hydrogen-bond acceptors (Lipinski definition) is 3. The van der Waals surface area contributed by atoms with Gasteiger partial charge in [0.15, 0.2) is 0 Å². The van der Waals surface area contributed by atoms with E-state index in [1.54, 1.807) is 12.1 Å². The van der Waals surface area contributed by atoms with Crippen molar-refractivity contribution in [2.75, 3.05) is 32.7 Å².